The van der Waals surface area contributed by atoms with Crippen LogP contribution in [0, 0.1) is 0 Å². The maximum atomic E-state index is 15.0. The molecular weight excluding hydrogens is 1040 g/mol. The van der Waals surface area contributed by atoms with Crippen LogP contribution in [0.3, 0.4) is 0 Å². The van der Waals surface area contributed by atoms with E-state index in [1.807, 2.05) is 153 Å². The van der Waals surface area contributed by atoms with Gasteiger partial charge in [0.2, 0.25) is 5.75 Å². The van der Waals surface area contributed by atoms with Gasteiger partial charge in [0.05, 0.1) is 49.2 Å². The lowest BCUT2D eigenvalue weighted by Gasteiger charge is -2.30. The number of H-pyrrole nitrogens is 2. The van der Waals surface area contributed by atoms with E-state index < -0.39 is 0 Å². The molecule has 1 aliphatic rings. The van der Waals surface area contributed by atoms with E-state index in [0.29, 0.717) is 50.9 Å². The number of para-hydroxylation sites is 4. The van der Waals surface area contributed by atoms with Crippen LogP contribution in [0.1, 0.15) is 51.3 Å². The average molecular weight is 1100 g/mol. The number of benzene rings is 11. The number of methoxy groups -OCH3 is 2. The molecule has 2 aromatic heterocycles. The molecule has 11 aromatic carbocycles. The number of hydrogen-bond donors (Lipinski definition) is 2. The van der Waals surface area contributed by atoms with Crippen molar-refractivity contribution in [3.05, 3.63) is 210 Å². The molecule has 13 nitrogen and oxygen atoms in total. The second-order valence-corrected chi connectivity index (χ2v) is 21.4. The summed E-state index contributed by atoms with van der Waals surface area (Å²) in [6, 6.07) is 59.3. The summed E-state index contributed by atoms with van der Waals surface area (Å²) < 4.78 is 12.4. The van der Waals surface area contributed by atoms with E-state index in [9.17, 15) is 14.4 Å². The van der Waals surface area contributed by atoms with E-state index in [1.54, 1.807) is 32.2 Å². The van der Waals surface area contributed by atoms with Crippen molar-refractivity contribution in [2.24, 2.45) is 20.5 Å². The molecule has 13 heteroatoms. The zero-order valence-corrected chi connectivity index (χ0v) is 47.0. The summed E-state index contributed by atoms with van der Waals surface area (Å²) in [6.45, 7) is 4.15. The fourth-order valence-electron chi connectivity index (χ4n) is 12.8. The number of rotatable bonds is 13. The number of carbonyl (C=O) groups excluding carboxylic acids is 3. The van der Waals surface area contributed by atoms with E-state index in [2.05, 4.69) is 54.1 Å². The number of nitrogens with one attached hydrogen (secondary N) is 2. The Bertz CT molecular complexity index is 5030. The van der Waals surface area contributed by atoms with Gasteiger partial charge in [0.25, 0.3) is 5.91 Å². The molecule has 2 heterocycles. The van der Waals surface area contributed by atoms with Gasteiger partial charge in [-0.05, 0) is 82.8 Å². The minimum atomic E-state index is -0.258. The summed E-state index contributed by atoms with van der Waals surface area (Å²) in [5, 5.41) is 28.7. The molecule has 0 spiro atoms. The van der Waals surface area contributed by atoms with E-state index in [-0.39, 0.29) is 21.9 Å². The number of azo groups is 2. The number of quaternary nitrogens is 1. The number of aromatic amines is 2. The molecule has 2 N–H and O–H groups in total. The molecule has 408 valence electrons. The van der Waals surface area contributed by atoms with Gasteiger partial charge in [-0.25, -0.2) is 4.79 Å². The number of hydrogen-bond acceptors (Lipinski definition) is 9. The normalized spacial score (nSPS) is 13.1. The van der Waals surface area contributed by atoms with Crippen LogP contribution < -0.4 is 18.9 Å². The highest BCUT2D eigenvalue weighted by atomic mass is 16.5. The lowest BCUT2D eigenvalue weighted by atomic mass is 9.82. The predicted octanol–water partition coefficient (Wildman–Crippen LogP) is 18.3. The molecule has 0 saturated carbocycles. The van der Waals surface area contributed by atoms with Crippen LogP contribution in [0.2, 0.25) is 0 Å². The number of aryl methyl sites for hydroxylation is 2. The number of ketones is 1. The average Bonchev–Trinajstić information content (AvgIpc) is 1.84. The SMILES string of the molecule is CCc1ccccc1N(C)C(=O)c1cc2ccc3c4ccccc4[nH]c3c2c(N=Nc2ccc3c4c(cccc24)C(=O)c2cc(N=Nc4c(OC)c([N+](C)(C=O)c5ccccc5CC)cc5ccc6c7ccccc7[nH]c6c45)ccc2-3)c1OC. The molecule has 0 bridgehead atoms. The van der Waals surface area contributed by atoms with Crippen molar-refractivity contribution in [3.63, 3.8) is 0 Å². The molecule has 1 atom stereocenters. The molecular formula is C71H55N8O5+. The number of amides is 2. The van der Waals surface area contributed by atoms with Crippen LogP contribution in [0.15, 0.2) is 202 Å². The Balaban J connectivity index is 0.891. The van der Waals surface area contributed by atoms with Crippen LogP contribution in [0.25, 0.3) is 87.1 Å². The summed E-state index contributed by atoms with van der Waals surface area (Å²) >= 11 is 0. The Kier molecular flexibility index (Phi) is 12.3. The number of aromatic nitrogens is 2. The Morgan fingerprint density at radius 3 is 1.81 bits per heavy atom. The molecule has 14 rings (SSSR count). The van der Waals surface area contributed by atoms with E-state index >= 15 is 0 Å². The van der Waals surface area contributed by atoms with Gasteiger partial charge in [0.15, 0.2) is 17.2 Å². The van der Waals surface area contributed by atoms with Gasteiger partial charge < -0.3 is 24.3 Å². The number of anilines is 1. The third kappa shape index (κ3) is 7.84. The number of nitrogens with zero attached hydrogens (tertiary/aromatic N) is 6. The molecule has 84 heavy (non-hydrogen) atoms. The summed E-state index contributed by atoms with van der Waals surface area (Å²) in [7, 11) is 6.79. The molecule has 0 aliphatic heterocycles. The topological polar surface area (TPSA) is 154 Å². The first-order chi connectivity index (χ1) is 41.1. The standard InChI is InChI=1S/C71H54N8O5/c1-7-40-18-9-15-26-58(40)78(3)71(82)54-36-42-28-31-49-46-20-11-13-24-55(46)72-64(49)61(42)66(69(54)83-5)77-75-57-35-34-48-45-33-30-44(38-53(45)68(81)52-23-17-22-51(57)63(48)52)74-76-67-62-43(29-32-50-47-21-12-14-25-56(47)73-65(50)62)37-60(70(67)84-6)79(4,39-80)59-27-16-10-19-41(59)8-2/h9-39H,7-8H2,1-6H3,(H-,72,73,74,75,76,77,81,82)/p+1. The first-order valence-electron chi connectivity index (χ1n) is 28.0. The molecule has 1 unspecified atom stereocenters. The maximum Gasteiger partial charge on any atom is 0.311 e. The highest BCUT2D eigenvalue weighted by Gasteiger charge is 2.37. The van der Waals surface area contributed by atoms with Crippen molar-refractivity contribution in [1.29, 1.82) is 0 Å². The van der Waals surface area contributed by atoms with Gasteiger partial charge >= 0.3 is 6.41 Å². The zero-order chi connectivity index (χ0) is 57.5. The minimum Gasteiger partial charge on any atom is -0.494 e. The smallest absolute Gasteiger partial charge is 0.311 e. The Morgan fingerprint density at radius 1 is 0.536 bits per heavy atom. The van der Waals surface area contributed by atoms with Crippen molar-refractivity contribution < 1.29 is 23.9 Å². The Hall–Kier alpha value is -10.6. The minimum absolute atomic E-state index is 0.179. The van der Waals surface area contributed by atoms with Crippen molar-refractivity contribution in [1.82, 2.24) is 14.5 Å². The van der Waals surface area contributed by atoms with Gasteiger partial charge in [-0.15, -0.1) is 15.3 Å². The monoisotopic (exact) mass is 1100 g/mol. The first-order valence-corrected chi connectivity index (χ1v) is 28.0. The van der Waals surface area contributed by atoms with Gasteiger partial charge in [-0.2, -0.15) is 9.60 Å². The second-order valence-electron chi connectivity index (χ2n) is 21.4. The van der Waals surface area contributed by atoms with E-state index in [4.69, 9.17) is 29.9 Å². The third-order valence-corrected chi connectivity index (χ3v) is 17.0. The predicted molar refractivity (Wildman–Crippen MR) is 339 cm³/mol. The highest BCUT2D eigenvalue weighted by Crippen LogP contribution is 2.52. The number of carbonyl (C=O) groups is 3. The van der Waals surface area contributed by atoms with Crippen molar-refractivity contribution in [2.75, 3.05) is 33.2 Å². The zero-order valence-electron chi connectivity index (χ0n) is 47.0. The van der Waals surface area contributed by atoms with Gasteiger partial charge in [0.1, 0.15) is 17.1 Å². The lowest BCUT2D eigenvalue weighted by molar-refractivity contribution is -0.114. The third-order valence-electron chi connectivity index (χ3n) is 17.0. The molecule has 13 aromatic rings. The molecule has 0 fully saturated rings. The maximum absolute atomic E-state index is 15.0. The van der Waals surface area contributed by atoms with Crippen molar-refractivity contribution >= 4 is 134 Å². The van der Waals surface area contributed by atoms with E-state index in [0.717, 1.165) is 129 Å². The fourth-order valence-corrected chi connectivity index (χ4v) is 12.8. The van der Waals surface area contributed by atoms with Crippen LogP contribution in [-0.2, 0) is 17.6 Å². The first kappa shape index (κ1) is 51.5. The van der Waals surface area contributed by atoms with Crippen molar-refractivity contribution in [3.8, 4) is 22.6 Å². The van der Waals surface area contributed by atoms with Crippen molar-refractivity contribution in [2.45, 2.75) is 26.7 Å². The lowest BCUT2D eigenvalue weighted by Crippen LogP contribution is -2.39. The Morgan fingerprint density at radius 2 is 1.13 bits per heavy atom. The molecule has 0 saturated heterocycles. The van der Waals surface area contributed by atoms with Crippen LogP contribution in [0.5, 0.6) is 11.5 Å². The van der Waals surface area contributed by atoms with Gasteiger partial charge in [-0.3, -0.25) is 9.59 Å². The quantitative estimate of drug-likeness (QED) is 0.0668. The summed E-state index contributed by atoms with van der Waals surface area (Å²) in [6.07, 6.45) is 2.39. The van der Waals surface area contributed by atoms with Gasteiger partial charge in [-0.1, -0.05) is 141 Å². The van der Waals surface area contributed by atoms with Crippen LogP contribution in [0.4, 0.5) is 39.8 Å². The largest absolute Gasteiger partial charge is 0.494 e. The van der Waals surface area contributed by atoms with E-state index in [1.165, 1.54) is 0 Å². The summed E-state index contributed by atoms with van der Waals surface area (Å²) in [5.41, 5.74) is 12.6. The summed E-state index contributed by atoms with van der Waals surface area (Å²) in [5.74, 6) is 0.235. The van der Waals surface area contributed by atoms with Crippen LogP contribution >= 0.6 is 0 Å². The van der Waals surface area contributed by atoms with Gasteiger partial charge in [0, 0.05) is 95.7 Å². The molecule has 1 aliphatic carbocycles. The Labute approximate surface area is 482 Å². The molecule has 2 amide bonds. The second kappa shape index (κ2) is 20.1. The van der Waals surface area contributed by atoms with Crippen LogP contribution in [-0.4, -0.2) is 56.4 Å². The fraction of sp³-hybridized carbons (Fsp3) is 0.113. The summed E-state index contributed by atoms with van der Waals surface area (Å²) in [4.78, 5) is 52.3. The molecule has 0 radical (unpaired) electrons. The number of fused-ring (bicyclic) bond motifs is 12. The number of ether oxygens (including phenoxy) is 2. The highest BCUT2D eigenvalue weighted by molar-refractivity contribution is 6.28.